The lowest BCUT2D eigenvalue weighted by Gasteiger charge is -2.13. The molecule has 1 saturated heterocycles. The molecule has 4 nitrogen and oxygen atoms in total. The molecule has 0 bridgehead atoms. The molecule has 1 atom stereocenters. The Bertz CT molecular complexity index is 162. The van der Waals surface area contributed by atoms with Crippen LogP contribution in [0.25, 0.3) is 0 Å². The zero-order valence-corrected chi connectivity index (χ0v) is 7.92. The molecule has 3 N–H and O–H groups in total. The first-order chi connectivity index (χ1) is 6.34. The molecule has 1 amide bonds. The van der Waals surface area contributed by atoms with Crippen molar-refractivity contribution >= 4 is 5.91 Å². The van der Waals surface area contributed by atoms with E-state index in [9.17, 15) is 4.79 Å². The number of carbonyl (C=O) groups excluding carboxylic acids is 1. The highest BCUT2D eigenvalue weighted by atomic mass is 16.5. The molecule has 0 aliphatic carbocycles. The van der Waals surface area contributed by atoms with Crippen LogP contribution in [0.3, 0.4) is 0 Å². The zero-order chi connectivity index (χ0) is 9.52. The summed E-state index contributed by atoms with van der Waals surface area (Å²) in [6, 6.07) is 0. The van der Waals surface area contributed by atoms with Crippen LogP contribution in [0.4, 0.5) is 0 Å². The second kappa shape index (κ2) is 5.94. The van der Waals surface area contributed by atoms with E-state index in [0.717, 1.165) is 32.2 Å². The Labute approximate surface area is 78.8 Å². The Morgan fingerprint density at radius 2 is 2.38 bits per heavy atom. The van der Waals surface area contributed by atoms with Crippen molar-refractivity contribution in [3.8, 4) is 0 Å². The quantitative estimate of drug-likeness (QED) is 0.608. The van der Waals surface area contributed by atoms with Crippen molar-refractivity contribution < 1.29 is 9.53 Å². The van der Waals surface area contributed by atoms with Crippen LogP contribution in [-0.4, -0.2) is 31.7 Å². The van der Waals surface area contributed by atoms with Crippen molar-refractivity contribution in [1.29, 1.82) is 0 Å². The first-order valence-corrected chi connectivity index (χ1v) is 4.94. The molecule has 0 aromatic heterocycles. The number of nitrogens with one attached hydrogen (secondary N) is 1. The van der Waals surface area contributed by atoms with Gasteiger partial charge in [0.15, 0.2) is 0 Å². The van der Waals surface area contributed by atoms with Gasteiger partial charge in [0.05, 0.1) is 0 Å². The van der Waals surface area contributed by atoms with Crippen molar-refractivity contribution in [2.75, 3.05) is 19.7 Å². The summed E-state index contributed by atoms with van der Waals surface area (Å²) in [5, 5.41) is 2.83. The summed E-state index contributed by atoms with van der Waals surface area (Å²) in [6.07, 6.45) is 3.54. The Balaban J connectivity index is 2.24. The van der Waals surface area contributed by atoms with E-state index in [1.165, 1.54) is 0 Å². The fourth-order valence-corrected chi connectivity index (χ4v) is 1.38. The van der Waals surface area contributed by atoms with Crippen LogP contribution in [-0.2, 0) is 9.53 Å². The van der Waals surface area contributed by atoms with E-state index < -0.39 is 0 Å². The Kier molecular flexibility index (Phi) is 4.78. The topological polar surface area (TPSA) is 64.3 Å². The van der Waals surface area contributed by atoms with Gasteiger partial charge in [-0.05, 0) is 32.2 Å². The monoisotopic (exact) mass is 186 g/mol. The Hall–Kier alpha value is -0.610. The average molecular weight is 186 g/mol. The summed E-state index contributed by atoms with van der Waals surface area (Å²) < 4.78 is 5.42. The van der Waals surface area contributed by atoms with Crippen molar-refractivity contribution in [2.45, 2.75) is 31.8 Å². The molecule has 0 saturated carbocycles. The van der Waals surface area contributed by atoms with Crippen LogP contribution >= 0.6 is 0 Å². The number of hydrogen-bond donors (Lipinski definition) is 2. The largest absolute Gasteiger partial charge is 0.368 e. The van der Waals surface area contributed by atoms with Gasteiger partial charge in [0, 0.05) is 13.2 Å². The summed E-state index contributed by atoms with van der Waals surface area (Å²) in [7, 11) is 0. The molecular formula is C9H18N2O2. The van der Waals surface area contributed by atoms with Gasteiger partial charge in [0.2, 0.25) is 5.91 Å². The predicted molar refractivity (Wildman–Crippen MR) is 50.3 cm³/mol. The molecule has 1 aliphatic heterocycles. The summed E-state index contributed by atoms with van der Waals surface area (Å²) in [4.78, 5) is 11.3. The van der Waals surface area contributed by atoms with Gasteiger partial charge < -0.3 is 15.8 Å². The second-order valence-corrected chi connectivity index (χ2v) is 3.29. The van der Waals surface area contributed by atoms with Gasteiger partial charge in [0.25, 0.3) is 0 Å². The number of nitrogens with two attached hydrogens (primary N) is 1. The normalized spacial score (nSPS) is 23.8. The van der Waals surface area contributed by atoms with Crippen molar-refractivity contribution in [3.63, 3.8) is 0 Å². The van der Waals surface area contributed by atoms with E-state index in [-0.39, 0.29) is 12.0 Å². The standard InChI is InChI=1S/C9H18N2O2/c10-5-3-7-13-8-4-1-2-6-11-9(8)12/h8H,1-7,10H2,(H,11,12). The second-order valence-electron chi connectivity index (χ2n) is 3.29. The van der Waals surface area contributed by atoms with Crippen LogP contribution in [0, 0.1) is 0 Å². The van der Waals surface area contributed by atoms with Crippen LogP contribution in [0.2, 0.25) is 0 Å². The molecule has 4 heteroatoms. The molecule has 1 fully saturated rings. The maximum atomic E-state index is 11.3. The molecule has 1 unspecified atom stereocenters. The molecule has 0 aromatic carbocycles. The lowest BCUT2D eigenvalue weighted by molar-refractivity contribution is -0.132. The molecule has 1 aliphatic rings. The molecule has 0 spiro atoms. The van der Waals surface area contributed by atoms with Crippen LogP contribution in [0.1, 0.15) is 25.7 Å². The summed E-state index contributed by atoms with van der Waals surface area (Å²) in [5.74, 6) is 0.0366. The van der Waals surface area contributed by atoms with Crippen LogP contribution in [0.5, 0.6) is 0 Å². The molecule has 13 heavy (non-hydrogen) atoms. The lowest BCUT2D eigenvalue weighted by Crippen LogP contribution is -2.34. The summed E-state index contributed by atoms with van der Waals surface area (Å²) in [6.45, 7) is 2.00. The van der Waals surface area contributed by atoms with E-state index in [0.29, 0.717) is 13.2 Å². The fraction of sp³-hybridized carbons (Fsp3) is 0.889. The predicted octanol–water partition coefficient (Wildman–Crippen LogP) is 0.0205. The van der Waals surface area contributed by atoms with Gasteiger partial charge in [-0.1, -0.05) is 0 Å². The van der Waals surface area contributed by atoms with Gasteiger partial charge in [-0.15, -0.1) is 0 Å². The minimum atomic E-state index is -0.242. The molecule has 1 heterocycles. The Morgan fingerprint density at radius 3 is 3.15 bits per heavy atom. The third-order valence-corrected chi connectivity index (χ3v) is 2.15. The van der Waals surface area contributed by atoms with Crippen LogP contribution in [0.15, 0.2) is 0 Å². The van der Waals surface area contributed by atoms with Crippen molar-refractivity contribution in [1.82, 2.24) is 5.32 Å². The van der Waals surface area contributed by atoms with Crippen LogP contribution < -0.4 is 11.1 Å². The van der Waals surface area contributed by atoms with Gasteiger partial charge in [-0.3, -0.25) is 4.79 Å². The maximum absolute atomic E-state index is 11.3. The number of rotatable bonds is 4. The molecule has 76 valence electrons. The third-order valence-electron chi connectivity index (χ3n) is 2.15. The van der Waals surface area contributed by atoms with Crippen molar-refractivity contribution in [2.24, 2.45) is 5.73 Å². The SMILES string of the molecule is NCCCOC1CCCCNC1=O. The maximum Gasteiger partial charge on any atom is 0.249 e. The minimum Gasteiger partial charge on any atom is -0.368 e. The number of carbonyl (C=O) groups is 1. The zero-order valence-electron chi connectivity index (χ0n) is 7.92. The van der Waals surface area contributed by atoms with Gasteiger partial charge in [-0.25, -0.2) is 0 Å². The number of hydrogen-bond acceptors (Lipinski definition) is 3. The van der Waals surface area contributed by atoms with E-state index in [4.69, 9.17) is 10.5 Å². The highest BCUT2D eigenvalue weighted by molar-refractivity contribution is 5.80. The molecule has 0 radical (unpaired) electrons. The highest BCUT2D eigenvalue weighted by Crippen LogP contribution is 2.08. The third kappa shape index (κ3) is 3.74. The fourth-order valence-electron chi connectivity index (χ4n) is 1.38. The van der Waals surface area contributed by atoms with E-state index in [1.807, 2.05) is 0 Å². The molecular weight excluding hydrogens is 168 g/mol. The number of ether oxygens (including phenoxy) is 1. The van der Waals surface area contributed by atoms with Gasteiger partial charge in [-0.2, -0.15) is 0 Å². The smallest absolute Gasteiger partial charge is 0.249 e. The highest BCUT2D eigenvalue weighted by Gasteiger charge is 2.20. The first-order valence-electron chi connectivity index (χ1n) is 4.94. The summed E-state index contributed by atoms with van der Waals surface area (Å²) in [5.41, 5.74) is 5.33. The van der Waals surface area contributed by atoms with Gasteiger partial charge >= 0.3 is 0 Å². The summed E-state index contributed by atoms with van der Waals surface area (Å²) >= 11 is 0. The van der Waals surface area contributed by atoms with E-state index in [2.05, 4.69) is 5.32 Å². The average Bonchev–Trinajstić information content (AvgIpc) is 2.32. The van der Waals surface area contributed by atoms with E-state index >= 15 is 0 Å². The van der Waals surface area contributed by atoms with E-state index in [1.54, 1.807) is 0 Å². The first kappa shape index (κ1) is 10.5. The molecule has 1 rings (SSSR count). The van der Waals surface area contributed by atoms with Crippen molar-refractivity contribution in [3.05, 3.63) is 0 Å². The van der Waals surface area contributed by atoms with Gasteiger partial charge in [0.1, 0.15) is 6.10 Å². The lowest BCUT2D eigenvalue weighted by atomic mass is 10.2. The molecule has 0 aromatic rings. The minimum absolute atomic E-state index is 0.0366. The number of amides is 1. The Morgan fingerprint density at radius 1 is 1.54 bits per heavy atom.